The molecule has 0 fully saturated rings. The summed E-state index contributed by atoms with van der Waals surface area (Å²) in [5.74, 6) is 0.0301. The maximum atomic E-state index is 12.1. The van der Waals surface area contributed by atoms with Gasteiger partial charge in [-0.25, -0.2) is 0 Å². The number of nitrogens with zero attached hydrogens (tertiary/aromatic N) is 4. The Morgan fingerprint density at radius 2 is 2.00 bits per heavy atom. The smallest absolute Gasteiger partial charge is 0.226 e. The monoisotopic (exact) mass is 386 g/mol. The van der Waals surface area contributed by atoms with E-state index in [9.17, 15) is 4.79 Å². The van der Waals surface area contributed by atoms with Gasteiger partial charge in [0.15, 0.2) is 0 Å². The number of para-hydroxylation sites is 1. The van der Waals surface area contributed by atoms with Crippen LogP contribution >= 0.6 is 0 Å². The van der Waals surface area contributed by atoms with Crippen molar-refractivity contribution in [2.45, 2.75) is 19.4 Å². The van der Waals surface area contributed by atoms with E-state index in [0.29, 0.717) is 6.42 Å². The highest BCUT2D eigenvalue weighted by Crippen LogP contribution is 2.39. The van der Waals surface area contributed by atoms with Gasteiger partial charge in [-0.1, -0.05) is 18.2 Å². The van der Waals surface area contributed by atoms with E-state index in [4.69, 9.17) is 5.10 Å². The van der Waals surface area contributed by atoms with Crippen LogP contribution in [0.2, 0.25) is 0 Å². The molecule has 0 bridgehead atoms. The van der Waals surface area contributed by atoms with E-state index < -0.39 is 0 Å². The minimum atomic E-state index is 0.0301. The molecular weight excluding hydrogens is 364 g/mol. The third-order valence-corrected chi connectivity index (χ3v) is 5.36. The minimum absolute atomic E-state index is 0.0301. The molecule has 0 saturated carbocycles. The van der Waals surface area contributed by atoms with Crippen LogP contribution in [-0.2, 0) is 18.9 Å². The van der Waals surface area contributed by atoms with Gasteiger partial charge in [0.25, 0.3) is 0 Å². The molecule has 0 spiro atoms. The van der Waals surface area contributed by atoms with E-state index in [1.54, 1.807) is 4.68 Å². The molecule has 0 aliphatic carbocycles. The molecule has 1 unspecified atom stereocenters. The van der Waals surface area contributed by atoms with Crippen molar-refractivity contribution in [1.82, 2.24) is 19.6 Å². The van der Waals surface area contributed by atoms with E-state index in [2.05, 4.69) is 40.0 Å². The second-order valence-electron chi connectivity index (χ2n) is 7.63. The zero-order chi connectivity index (χ0) is 20.1. The van der Waals surface area contributed by atoms with E-state index >= 15 is 0 Å². The number of aryl methyl sites for hydroxylation is 2. The SMILES string of the molecule is CC1CC(=O)Nc2cccc(-c3ccc4c(c3)c(-c3cnn(C)c3)nn4C)c2N1. The van der Waals surface area contributed by atoms with E-state index in [0.717, 1.165) is 44.7 Å². The average molecular weight is 386 g/mol. The summed E-state index contributed by atoms with van der Waals surface area (Å²) in [6.07, 6.45) is 4.25. The molecule has 1 aliphatic rings. The summed E-state index contributed by atoms with van der Waals surface area (Å²) in [4.78, 5) is 12.1. The molecule has 1 aliphatic heterocycles. The highest BCUT2D eigenvalue weighted by Gasteiger charge is 2.21. The van der Waals surface area contributed by atoms with Crippen molar-refractivity contribution in [1.29, 1.82) is 0 Å². The molecule has 0 saturated heterocycles. The number of carbonyl (C=O) groups is 1. The van der Waals surface area contributed by atoms with Gasteiger partial charge in [-0.3, -0.25) is 14.2 Å². The molecule has 2 N–H and O–H groups in total. The third kappa shape index (κ3) is 2.95. The Morgan fingerprint density at radius 1 is 1.14 bits per heavy atom. The van der Waals surface area contributed by atoms with Crippen LogP contribution in [0.3, 0.4) is 0 Å². The molecule has 7 nitrogen and oxygen atoms in total. The second kappa shape index (κ2) is 6.48. The summed E-state index contributed by atoms with van der Waals surface area (Å²) in [5.41, 5.74) is 6.86. The predicted molar refractivity (Wildman–Crippen MR) is 115 cm³/mol. The summed E-state index contributed by atoms with van der Waals surface area (Å²) >= 11 is 0. The fraction of sp³-hybridized carbons (Fsp3) is 0.227. The lowest BCUT2D eigenvalue weighted by molar-refractivity contribution is -0.116. The first-order valence-electron chi connectivity index (χ1n) is 9.65. The lowest BCUT2D eigenvalue weighted by atomic mass is 9.99. The highest BCUT2D eigenvalue weighted by molar-refractivity contribution is 6.02. The Bertz CT molecular complexity index is 1250. The fourth-order valence-corrected chi connectivity index (χ4v) is 4.02. The van der Waals surface area contributed by atoms with Gasteiger partial charge < -0.3 is 10.6 Å². The summed E-state index contributed by atoms with van der Waals surface area (Å²) in [6, 6.07) is 12.4. The number of hydrogen-bond donors (Lipinski definition) is 2. The quantitative estimate of drug-likeness (QED) is 0.550. The lowest BCUT2D eigenvalue weighted by Gasteiger charge is -2.17. The van der Waals surface area contributed by atoms with E-state index in [-0.39, 0.29) is 11.9 Å². The van der Waals surface area contributed by atoms with Gasteiger partial charge in [-0.2, -0.15) is 10.2 Å². The van der Waals surface area contributed by atoms with E-state index in [1.807, 2.05) is 50.2 Å². The van der Waals surface area contributed by atoms with Crippen LogP contribution in [0, 0.1) is 0 Å². The number of fused-ring (bicyclic) bond motifs is 2. The van der Waals surface area contributed by atoms with Crippen LogP contribution in [0.25, 0.3) is 33.3 Å². The number of benzene rings is 2. The van der Waals surface area contributed by atoms with Crippen molar-refractivity contribution in [2.75, 3.05) is 10.6 Å². The first-order valence-corrected chi connectivity index (χ1v) is 9.65. The molecule has 1 amide bonds. The normalized spacial score (nSPS) is 16.2. The Labute approximate surface area is 168 Å². The van der Waals surface area contributed by atoms with Gasteiger partial charge in [0, 0.05) is 49.3 Å². The Kier molecular flexibility index (Phi) is 3.91. The zero-order valence-electron chi connectivity index (χ0n) is 16.6. The van der Waals surface area contributed by atoms with Gasteiger partial charge in [-0.05, 0) is 30.7 Å². The topological polar surface area (TPSA) is 76.8 Å². The summed E-state index contributed by atoms with van der Waals surface area (Å²) < 4.78 is 3.68. The molecule has 7 heteroatoms. The Balaban J connectivity index is 1.69. The predicted octanol–water partition coefficient (Wildman–Crippen LogP) is 3.78. The Hall–Kier alpha value is -3.61. The summed E-state index contributed by atoms with van der Waals surface area (Å²) in [5, 5.41) is 16.6. The zero-order valence-corrected chi connectivity index (χ0v) is 16.6. The van der Waals surface area contributed by atoms with Crippen molar-refractivity contribution in [2.24, 2.45) is 14.1 Å². The van der Waals surface area contributed by atoms with Gasteiger partial charge in [0.2, 0.25) is 5.91 Å². The molecule has 146 valence electrons. The minimum Gasteiger partial charge on any atom is -0.380 e. The molecule has 4 aromatic rings. The van der Waals surface area contributed by atoms with E-state index in [1.165, 1.54) is 0 Å². The third-order valence-electron chi connectivity index (χ3n) is 5.36. The maximum Gasteiger partial charge on any atom is 0.226 e. The van der Waals surface area contributed by atoms with Gasteiger partial charge >= 0.3 is 0 Å². The molecule has 29 heavy (non-hydrogen) atoms. The Morgan fingerprint density at radius 3 is 2.79 bits per heavy atom. The van der Waals surface area contributed by atoms with Crippen LogP contribution in [-0.4, -0.2) is 31.5 Å². The molecule has 5 rings (SSSR count). The number of hydrogen-bond acceptors (Lipinski definition) is 4. The number of amides is 1. The number of nitrogens with one attached hydrogen (secondary N) is 2. The molecule has 2 aromatic heterocycles. The lowest BCUT2D eigenvalue weighted by Crippen LogP contribution is -2.19. The molecule has 1 atom stereocenters. The van der Waals surface area contributed by atoms with Gasteiger partial charge in [0.05, 0.1) is 23.1 Å². The molecule has 3 heterocycles. The first-order chi connectivity index (χ1) is 14.0. The van der Waals surface area contributed by atoms with Crippen molar-refractivity contribution < 1.29 is 4.79 Å². The van der Waals surface area contributed by atoms with Crippen molar-refractivity contribution in [3.63, 3.8) is 0 Å². The second-order valence-corrected chi connectivity index (χ2v) is 7.63. The number of aromatic nitrogens is 4. The number of rotatable bonds is 2. The van der Waals surface area contributed by atoms with Crippen molar-refractivity contribution in [3.05, 3.63) is 48.8 Å². The summed E-state index contributed by atoms with van der Waals surface area (Å²) in [6.45, 7) is 2.02. The average Bonchev–Trinajstić information content (AvgIpc) is 3.21. The van der Waals surface area contributed by atoms with Crippen LogP contribution in [0.1, 0.15) is 13.3 Å². The first kappa shape index (κ1) is 17.5. The van der Waals surface area contributed by atoms with Gasteiger partial charge in [0.1, 0.15) is 5.69 Å². The van der Waals surface area contributed by atoms with Crippen molar-refractivity contribution >= 4 is 28.2 Å². The van der Waals surface area contributed by atoms with Crippen LogP contribution in [0.4, 0.5) is 11.4 Å². The fourth-order valence-electron chi connectivity index (χ4n) is 4.02. The highest BCUT2D eigenvalue weighted by atomic mass is 16.1. The molecular formula is C22H22N6O. The maximum absolute atomic E-state index is 12.1. The largest absolute Gasteiger partial charge is 0.380 e. The molecule has 0 radical (unpaired) electrons. The number of carbonyl (C=O) groups excluding carboxylic acids is 1. The van der Waals surface area contributed by atoms with Crippen LogP contribution in [0.15, 0.2) is 48.8 Å². The summed E-state index contributed by atoms with van der Waals surface area (Å²) in [7, 11) is 3.86. The van der Waals surface area contributed by atoms with Gasteiger partial charge in [-0.15, -0.1) is 0 Å². The number of anilines is 2. The van der Waals surface area contributed by atoms with Crippen LogP contribution < -0.4 is 10.6 Å². The van der Waals surface area contributed by atoms with Crippen molar-refractivity contribution in [3.8, 4) is 22.4 Å². The standard InChI is InChI=1S/C22H22N6O/c1-13-9-20(29)25-18-6-4-5-16(22(18)24-13)14-7-8-19-17(10-14)21(26-28(19)3)15-11-23-27(2)12-15/h4-8,10-13,24H,9H2,1-3H3,(H,25,29). The van der Waals surface area contributed by atoms with Crippen LogP contribution in [0.5, 0.6) is 0 Å². The molecule has 2 aromatic carbocycles.